The van der Waals surface area contributed by atoms with Crippen molar-refractivity contribution in [3.8, 4) is 6.07 Å². The van der Waals surface area contributed by atoms with Gasteiger partial charge >= 0.3 is 0 Å². The van der Waals surface area contributed by atoms with Gasteiger partial charge in [0.25, 0.3) is 0 Å². The fraction of sp³-hybridized carbons (Fsp3) is 0.375. The quantitative estimate of drug-likeness (QED) is 0.662. The van der Waals surface area contributed by atoms with Gasteiger partial charge in [-0.05, 0) is 13.3 Å². The predicted molar refractivity (Wildman–Crippen MR) is 45.3 cm³/mol. The van der Waals surface area contributed by atoms with E-state index in [9.17, 15) is 0 Å². The standard InChI is InChI=1S/C8H10N4/c1-3-6-5(2)11-7(4-9)8(10)12-6/h3H2,1-2H3,(H2,10,12). The highest BCUT2D eigenvalue weighted by Crippen LogP contribution is 2.09. The Hall–Kier alpha value is -1.63. The molecule has 2 N–H and O–H groups in total. The van der Waals surface area contributed by atoms with Gasteiger partial charge in [0.15, 0.2) is 11.5 Å². The summed E-state index contributed by atoms with van der Waals surface area (Å²) in [5.41, 5.74) is 7.33. The van der Waals surface area contributed by atoms with Gasteiger partial charge in [-0.2, -0.15) is 5.26 Å². The maximum Gasteiger partial charge on any atom is 0.183 e. The van der Waals surface area contributed by atoms with E-state index >= 15 is 0 Å². The van der Waals surface area contributed by atoms with Crippen molar-refractivity contribution in [2.45, 2.75) is 20.3 Å². The first-order valence-electron chi connectivity index (χ1n) is 3.72. The molecule has 0 saturated heterocycles. The molecular weight excluding hydrogens is 152 g/mol. The summed E-state index contributed by atoms with van der Waals surface area (Å²) in [5.74, 6) is 0.222. The molecule has 62 valence electrons. The summed E-state index contributed by atoms with van der Waals surface area (Å²) in [6, 6.07) is 1.89. The van der Waals surface area contributed by atoms with Gasteiger partial charge in [0.1, 0.15) is 6.07 Å². The van der Waals surface area contributed by atoms with Crippen LogP contribution in [0.2, 0.25) is 0 Å². The Balaban J connectivity index is 3.28. The first-order valence-corrected chi connectivity index (χ1v) is 3.72. The number of nitriles is 1. The Morgan fingerprint density at radius 1 is 1.50 bits per heavy atom. The molecule has 0 spiro atoms. The predicted octanol–water partition coefficient (Wildman–Crippen LogP) is 0.801. The van der Waals surface area contributed by atoms with E-state index in [0.29, 0.717) is 0 Å². The number of nitrogens with two attached hydrogens (primary N) is 1. The molecule has 0 atom stereocenters. The molecule has 12 heavy (non-hydrogen) atoms. The lowest BCUT2D eigenvalue weighted by atomic mass is 10.2. The smallest absolute Gasteiger partial charge is 0.183 e. The fourth-order valence-electron chi connectivity index (χ4n) is 0.986. The average molecular weight is 162 g/mol. The normalized spacial score (nSPS) is 9.42. The third-order valence-corrected chi connectivity index (χ3v) is 1.64. The number of hydrogen-bond donors (Lipinski definition) is 1. The van der Waals surface area contributed by atoms with Gasteiger partial charge in [0.2, 0.25) is 0 Å². The lowest BCUT2D eigenvalue weighted by Crippen LogP contribution is -2.04. The molecule has 0 aliphatic carbocycles. The van der Waals surface area contributed by atoms with Crippen LogP contribution >= 0.6 is 0 Å². The molecule has 0 radical (unpaired) electrons. The highest BCUT2D eigenvalue weighted by atomic mass is 14.9. The highest BCUT2D eigenvalue weighted by Gasteiger charge is 2.05. The largest absolute Gasteiger partial charge is 0.381 e. The van der Waals surface area contributed by atoms with Crippen LogP contribution in [0.1, 0.15) is 24.0 Å². The van der Waals surface area contributed by atoms with E-state index in [-0.39, 0.29) is 11.5 Å². The Kier molecular flexibility index (Phi) is 2.24. The SMILES string of the molecule is CCc1nc(N)c(C#N)nc1C. The fourth-order valence-corrected chi connectivity index (χ4v) is 0.986. The van der Waals surface area contributed by atoms with Gasteiger partial charge in [0.05, 0.1) is 11.4 Å². The minimum Gasteiger partial charge on any atom is -0.381 e. The molecule has 4 heteroatoms. The van der Waals surface area contributed by atoms with Crippen molar-refractivity contribution in [3.05, 3.63) is 17.1 Å². The number of nitrogen functional groups attached to an aromatic ring is 1. The summed E-state index contributed by atoms with van der Waals surface area (Å²) in [6.07, 6.45) is 0.786. The summed E-state index contributed by atoms with van der Waals surface area (Å²) >= 11 is 0. The van der Waals surface area contributed by atoms with Crippen molar-refractivity contribution in [2.75, 3.05) is 5.73 Å². The number of nitrogens with zero attached hydrogens (tertiary/aromatic N) is 3. The highest BCUT2D eigenvalue weighted by molar-refractivity contribution is 5.44. The number of aryl methyl sites for hydroxylation is 2. The van der Waals surface area contributed by atoms with E-state index < -0.39 is 0 Å². The molecule has 0 fully saturated rings. The van der Waals surface area contributed by atoms with Gasteiger partial charge in [-0.3, -0.25) is 0 Å². The van der Waals surface area contributed by atoms with Gasteiger partial charge in [-0.1, -0.05) is 6.92 Å². The number of rotatable bonds is 1. The molecule has 1 aromatic heterocycles. The monoisotopic (exact) mass is 162 g/mol. The lowest BCUT2D eigenvalue weighted by molar-refractivity contribution is 0.955. The zero-order valence-corrected chi connectivity index (χ0v) is 7.13. The van der Waals surface area contributed by atoms with Gasteiger partial charge in [-0.15, -0.1) is 0 Å². The molecule has 4 nitrogen and oxygen atoms in total. The van der Waals surface area contributed by atoms with Crippen molar-refractivity contribution >= 4 is 5.82 Å². The summed E-state index contributed by atoms with van der Waals surface area (Å²) in [7, 11) is 0. The van der Waals surface area contributed by atoms with Crippen LogP contribution in [0.3, 0.4) is 0 Å². The third kappa shape index (κ3) is 1.35. The van der Waals surface area contributed by atoms with Gasteiger partial charge in [-0.25, -0.2) is 9.97 Å². The first kappa shape index (κ1) is 8.47. The van der Waals surface area contributed by atoms with Crippen LogP contribution in [0.25, 0.3) is 0 Å². The molecule has 0 saturated carbocycles. The molecule has 1 heterocycles. The zero-order chi connectivity index (χ0) is 9.14. The second-order valence-corrected chi connectivity index (χ2v) is 2.45. The minimum atomic E-state index is 0.213. The number of anilines is 1. The summed E-state index contributed by atoms with van der Waals surface area (Å²) in [5, 5.41) is 8.57. The van der Waals surface area contributed by atoms with Gasteiger partial charge in [0, 0.05) is 0 Å². The number of hydrogen-bond acceptors (Lipinski definition) is 4. The molecule has 1 aromatic rings. The van der Waals surface area contributed by atoms with Crippen LogP contribution < -0.4 is 5.73 Å². The summed E-state index contributed by atoms with van der Waals surface area (Å²) < 4.78 is 0. The second kappa shape index (κ2) is 3.18. The van der Waals surface area contributed by atoms with E-state index in [1.165, 1.54) is 0 Å². The van der Waals surface area contributed by atoms with Crippen molar-refractivity contribution in [1.82, 2.24) is 9.97 Å². The van der Waals surface area contributed by atoms with Crippen molar-refractivity contribution in [3.63, 3.8) is 0 Å². The van der Waals surface area contributed by atoms with E-state index in [0.717, 1.165) is 17.8 Å². The van der Waals surface area contributed by atoms with Crippen molar-refractivity contribution in [1.29, 1.82) is 5.26 Å². The molecule has 0 amide bonds. The minimum absolute atomic E-state index is 0.213. The van der Waals surface area contributed by atoms with Crippen LogP contribution in [0.4, 0.5) is 5.82 Å². The van der Waals surface area contributed by atoms with E-state index in [2.05, 4.69) is 9.97 Å². The van der Waals surface area contributed by atoms with Crippen LogP contribution in [0.5, 0.6) is 0 Å². The second-order valence-electron chi connectivity index (χ2n) is 2.45. The van der Waals surface area contributed by atoms with E-state index in [1.807, 2.05) is 19.9 Å². The lowest BCUT2D eigenvalue weighted by Gasteiger charge is -2.02. The van der Waals surface area contributed by atoms with E-state index in [1.54, 1.807) is 0 Å². The Morgan fingerprint density at radius 2 is 2.17 bits per heavy atom. The molecule has 0 unspecified atom stereocenters. The van der Waals surface area contributed by atoms with Crippen LogP contribution in [0, 0.1) is 18.3 Å². The van der Waals surface area contributed by atoms with Crippen LogP contribution in [-0.4, -0.2) is 9.97 Å². The molecular formula is C8H10N4. The third-order valence-electron chi connectivity index (χ3n) is 1.64. The Morgan fingerprint density at radius 3 is 2.67 bits per heavy atom. The number of aromatic nitrogens is 2. The molecule has 0 aliphatic rings. The first-order chi connectivity index (χ1) is 5.69. The van der Waals surface area contributed by atoms with Gasteiger partial charge < -0.3 is 5.73 Å². The Labute approximate surface area is 71.1 Å². The van der Waals surface area contributed by atoms with Crippen molar-refractivity contribution < 1.29 is 0 Å². The Bertz CT molecular complexity index is 337. The molecule has 0 aliphatic heterocycles. The molecule has 0 aromatic carbocycles. The van der Waals surface area contributed by atoms with Crippen LogP contribution in [-0.2, 0) is 6.42 Å². The summed E-state index contributed by atoms with van der Waals surface area (Å²) in [4.78, 5) is 8.07. The molecule has 1 rings (SSSR count). The average Bonchev–Trinajstić information content (AvgIpc) is 2.08. The van der Waals surface area contributed by atoms with Crippen molar-refractivity contribution in [2.24, 2.45) is 0 Å². The maximum atomic E-state index is 8.57. The van der Waals surface area contributed by atoms with Crippen LogP contribution in [0.15, 0.2) is 0 Å². The zero-order valence-electron chi connectivity index (χ0n) is 7.13. The summed E-state index contributed by atoms with van der Waals surface area (Å²) in [6.45, 7) is 3.80. The molecule has 0 bridgehead atoms. The maximum absolute atomic E-state index is 8.57. The topological polar surface area (TPSA) is 75.6 Å². The van der Waals surface area contributed by atoms with E-state index in [4.69, 9.17) is 11.0 Å².